The Labute approximate surface area is 81.4 Å². The SMILES string of the molecule is CCN=Cc1cc([N+](=O)[O-])ccc1N. The number of hydrogen-bond acceptors (Lipinski definition) is 4. The van der Waals surface area contributed by atoms with Crippen molar-refractivity contribution in [2.45, 2.75) is 6.92 Å². The minimum absolute atomic E-state index is 0.0248. The van der Waals surface area contributed by atoms with Crippen molar-refractivity contribution in [1.29, 1.82) is 0 Å². The number of nitrogens with zero attached hydrogens (tertiary/aromatic N) is 2. The van der Waals surface area contributed by atoms with Crippen molar-refractivity contribution in [2.24, 2.45) is 4.99 Å². The lowest BCUT2D eigenvalue weighted by Crippen LogP contribution is -1.96. The molecule has 0 fully saturated rings. The van der Waals surface area contributed by atoms with E-state index in [2.05, 4.69) is 4.99 Å². The molecule has 0 spiro atoms. The van der Waals surface area contributed by atoms with Gasteiger partial charge >= 0.3 is 0 Å². The number of hydrogen-bond donors (Lipinski definition) is 1. The molecule has 2 N–H and O–H groups in total. The number of nitro groups is 1. The van der Waals surface area contributed by atoms with Gasteiger partial charge in [-0.05, 0) is 13.0 Å². The highest BCUT2D eigenvalue weighted by Gasteiger charge is 2.06. The Morgan fingerprint density at radius 1 is 1.64 bits per heavy atom. The van der Waals surface area contributed by atoms with Gasteiger partial charge in [-0.3, -0.25) is 15.1 Å². The Balaban J connectivity index is 3.08. The molecule has 0 aliphatic carbocycles. The van der Waals surface area contributed by atoms with Crippen LogP contribution in [0.3, 0.4) is 0 Å². The molecule has 0 aromatic heterocycles. The smallest absolute Gasteiger partial charge is 0.270 e. The van der Waals surface area contributed by atoms with Crippen LogP contribution in [-0.2, 0) is 0 Å². The second kappa shape index (κ2) is 4.36. The van der Waals surface area contributed by atoms with Gasteiger partial charge in [0.1, 0.15) is 0 Å². The number of nitrogens with two attached hydrogens (primary N) is 1. The van der Waals surface area contributed by atoms with E-state index in [4.69, 9.17) is 5.73 Å². The lowest BCUT2D eigenvalue weighted by atomic mass is 10.2. The third kappa shape index (κ3) is 2.29. The number of anilines is 1. The highest BCUT2D eigenvalue weighted by Crippen LogP contribution is 2.17. The highest BCUT2D eigenvalue weighted by atomic mass is 16.6. The Hall–Kier alpha value is -1.91. The van der Waals surface area contributed by atoms with Gasteiger partial charge in [0.25, 0.3) is 5.69 Å². The first-order valence-corrected chi connectivity index (χ1v) is 4.19. The first-order chi connectivity index (χ1) is 6.65. The summed E-state index contributed by atoms with van der Waals surface area (Å²) in [5.41, 5.74) is 6.72. The average Bonchev–Trinajstić information content (AvgIpc) is 2.16. The third-order valence-corrected chi connectivity index (χ3v) is 1.69. The van der Waals surface area contributed by atoms with Gasteiger partial charge in [-0.2, -0.15) is 0 Å². The second-order valence-corrected chi connectivity index (χ2v) is 2.70. The maximum Gasteiger partial charge on any atom is 0.270 e. The summed E-state index contributed by atoms with van der Waals surface area (Å²) in [7, 11) is 0. The molecule has 0 aliphatic rings. The predicted octanol–water partition coefficient (Wildman–Crippen LogP) is 1.62. The molecule has 0 bridgehead atoms. The molecule has 5 heteroatoms. The van der Waals surface area contributed by atoms with E-state index < -0.39 is 4.92 Å². The van der Waals surface area contributed by atoms with E-state index in [-0.39, 0.29) is 5.69 Å². The van der Waals surface area contributed by atoms with Gasteiger partial charge in [0.15, 0.2) is 0 Å². The van der Waals surface area contributed by atoms with Crippen molar-refractivity contribution in [3.8, 4) is 0 Å². The lowest BCUT2D eigenvalue weighted by Gasteiger charge is -1.98. The van der Waals surface area contributed by atoms with Crippen LogP contribution in [-0.4, -0.2) is 17.7 Å². The summed E-state index contributed by atoms with van der Waals surface area (Å²) in [6.45, 7) is 2.51. The van der Waals surface area contributed by atoms with Crippen LogP contribution in [0.25, 0.3) is 0 Å². The Kier molecular flexibility index (Phi) is 3.17. The van der Waals surface area contributed by atoms with E-state index in [1.54, 1.807) is 6.21 Å². The molecule has 1 aromatic rings. The molecule has 14 heavy (non-hydrogen) atoms. The molecule has 1 rings (SSSR count). The van der Waals surface area contributed by atoms with Crippen LogP contribution in [0, 0.1) is 10.1 Å². The van der Waals surface area contributed by atoms with E-state index in [0.717, 1.165) is 0 Å². The molecule has 1 aromatic carbocycles. The highest BCUT2D eigenvalue weighted by molar-refractivity contribution is 5.87. The molecule has 0 radical (unpaired) electrons. The van der Waals surface area contributed by atoms with Crippen LogP contribution < -0.4 is 5.73 Å². The summed E-state index contributed by atoms with van der Waals surface area (Å²) in [4.78, 5) is 14.0. The summed E-state index contributed by atoms with van der Waals surface area (Å²) < 4.78 is 0. The van der Waals surface area contributed by atoms with Crippen LogP contribution in [0.4, 0.5) is 11.4 Å². The molecule has 0 saturated heterocycles. The van der Waals surface area contributed by atoms with Gasteiger partial charge in [-0.15, -0.1) is 0 Å². The van der Waals surface area contributed by atoms with Crippen molar-refractivity contribution in [2.75, 3.05) is 12.3 Å². The summed E-state index contributed by atoms with van der Waals surface area (Å²) >= 11 is 0. The molecule has 0 amide bonds. The van der Waals surface area contributed by atoms with Crippen molar-refractivity contribution < 1.29 is 4.92 Å². The van der Waals surface area contributed by atoms with Crippen LogP contribution in [0.5, 0.6) is 0 Å². The van der Waals surface area contributed by atoms with Gasteiger partial charge in [-0.1, -0.05) is 0 Å². The Bertz CT molecular complexity index is 374. The molecule has 74 valence electrons. The minimum atomic E-state index is -0.456. The molecule has 0 saturated carbocycles. The lowest BCUT2D eigenvalue weighted by molar-refractivity contribution is -0.384. The number of nitro benzene ring substituents is 1. The van der Waals surface area contributed by atoms with Crippen molar-refractivity contribution in [1.82, 2.24) is 0 Å². The molecule has 5 nitrogen and oxygen atoms in total. The molecule has 0 unspecified atom stereocenters. The first kappa shape index (κ1) is 10.2. The zero-order chi connectivity index (χ0) is 10.6. The summed E-state index contributed by atoms with van der Waals surface area (Å²) in [5, 5.41) is 10.5. The van der Waals surface area contributed by atoms with Crippen molar-refractivity contribution >= 4 is 17.6 Å². The number of benzene rings is 1. The number of non-ortho nitro benzene ring substituents is 1. The van der Waals surface area contributed by atoms with Gasteiger partial charge in [0.05, 0.1) is 4.92 Å². The molecular formula is C9H11N3O2. The standard InChI is InChI=1S/C9H11N3O2/c1-2-11-6-7-5-8(12(13)14)3-4-9(7)10/h3-6H,2,10H2,1H3. The van der Waals surface area contributed by atoms with E-state index in [1.807, 2.05) is 6.92 Å². The van der Waals surface area contributed by atoms with Crippen molar-refractivity contribution in [3.05, 3.63) is 33.9 Å². The normalized spacial score (nSPS) is 10.6. The average molecular weight is 193 g/mol. The molecule has 0 atom stereocenters. The van der Waals surface area contributed by atoms with Crippen LogP contribution in [0.15, 0.2) is 23.2 Å². The maximum absolute atomic E-state index is 10.5. The first-order valence-electron chi connectivity index (χ1n) is 4.19. The molecular weight excluding hydrogens is 182 g/mol. The van der Waals surface area contributed by atoms with E-state index in [1.165, 1.54) is 18.2 Å². The Morgan fingerprint density at radius 3 is 2.93 bits per heavy atom. The molecule has 0 heterocycles. The van der Waals surface area contributed by atoms with Crippen LogP contribution >= 0.6 is 0 Å². The van der Waals surface area contributed by atoms with E-state index in [0.29, 0.717) is 17.8 Å². The third-order valence-electron chi connectivity index (χ3n) is 1.69. The van der Waals surface area contributed by atoms with Crippen LogP contribution in [0.2, 0.25) is 0 Å². The zero-order valence-electron chi connectivity index (χ0n) is 7.80. The van der Waals surface area contributed by atoms with Gasteiger partial charge in [0, 0.05) is 36.1 Å². The number of nitrogen functional groups attached to an aromatic ring is 1. The topological polar surface area (TPSA) is 81.5 Å². The second-order valence-electron chi connectivity index (χ2n) is 2.70. The quantitative estimate of drug-likeness (QED) is 0.342. The monoisotopic (exact) mass is 193 g/mol. The fourth-order valence-corrected chi connectivity index (χ4v) is 0.977. The van der Waals surface area contributed by atoms with E-state index in [9.17, 15) is 10.1 Å². The fourth-order valence-electron chi connectivity index (χ4n) is 0.977. The van der Waals surface area contributed by atoms with E-state index >= 15 is 0 Å². The summed E-state index contributed by atoms with van der Waals surface area (Å²) in [6, 6.07) is 4.29. The Morgan fingerprint density at radius 2 is 2.36 bits per heavy atom. The zero-order valence-corrected chi connectivity index (χ0v) is 7.80. The van der Waals surface area contributed by atoms with Crippen LogP contribution in [0.1, 0.15) is 12.5 Å². The van der Waals surface area contributed by atoms with Gasteiger partial charge in [0.2, 0.25) is 0 Å². The van der Waals surface area contributed by atoms with Gasteiger partial charge in [-0.25, -0.2) is 0 Å². The number of aliphatic imine (C=N–C) groups is 1. The summed E-state index contributed by atoms with van der Waals surface area (Å²) in [6.07, 6.45) is 1.54. The largest absolute Gasteiger partial charge is 0.398 e. The predicted molar refractivity (Wildman–Crippen MR) is 55.6 cm³/mol. The van der Waals surface area contributed by atoms with Crippen molar-refractivity contribution in [3.63, 3.8) is 0 Å². The fraction of sp³-hybridized carbons (Fsp3) is 0.222. The maximum atomic E-state index is 10.5. The van der Waals surface area contributed by atoms with Gasteiger partial charge < -0.3 is 5.73 Å². The summed E-state index contributed by atoms with van der Waals surface area (Å²) in [5.74, 6) is 0. The molecule has 0 aliphatic heterocycles. The number of rotatable bonds is 3. The minimum Gasteiger partial charge on any atom is -0.398 e.